The molecule has 0 bridgehead atoms. The number of anilines is 1. The van der Waals surface area contributed by atoms with Crippen molar-refractivity contribution in [2.45, 2.75) is 38.2 Å². The molecule has 0 radical (unpaired) electrons. The second-order valence-electron chi connectivity index (χ2n) is 4.78. The first-order valence-corrected chi connectivity index (χ1v) is 7.70. The molecule has 6 heteroatoms. The Balaban J connectivity index is 2.34. The van der Waals surface area contributed by atoms with Crippen LogP contribution in [0.5, 0.6) is 0 Å². The van der Waals surface area contributed by atoms with E-state index in [4.69, 9.17) is 0 Å². The monoisotopic (exact) mass is 279 g/mol. The fraction of sp³-hybridized carbons (Fsp3) is 0.615. The van der Waals surface area contributed by atoms with Gasteiger partial charge in [-0.25, -0.2) is 9.97 Å². The molecular formula is C13H21N5S. The standard InChI is InChI=1S/C13H21N5S/c1-5-6-14-12-10-7-15-18(4)13(10)17-11(16-12)8-19-9(2)3/h7,9H,5-6,8H2,1-4H3,(H,14,16,17). The Morgan fingerprint density at radius 2 is 2.16 bits per heavy atom. The molecule has 19 heavy (non-hydrogen) atoms. The van der Waals surface area contributed by atoms with Crippen molar-refractivity contribution < 1.29 is 0 Å². The molecule has 5 nitrogen and oxygen atoms in total. The number of hydrogen-bond acceptors (Lipinski definition) is 5. The number of thioether (sulfide) groups is 1. The number of fused-ring (bicyclic) bond motifs is 1. The third kappa shape index (κ3) is 3.37. The molecule has 0 amide bonds. The predicted molar refractivity (Wildman–Crippen MR) is 81.5 cm³/mol. The van der Waals surface area contributed by atoms with Gasteiger partial charge in [0.1, 0.15) is 11.6 Å². The normalized spacial score (nSPS) is 11.4. The molecule has 0 aromatic carbocycles. The Bertz CT molecular complexity index is 549. The molecule has 1 N–H and O–H groups in total. The molecule has 0 unspecified atom stereocenters. The number of aromatic nitrogens is 4. The minimum atomic E-state index is 0.581. The van der Waals surface area contributed by atoms with Gasteiger partial charge in [-0.15, -0.1) is 0 Å². The first kappa shape index (κ1) is 14.1. The zero-order valence-corrected chi connectivity index (χ0v) is 12.8. The number of aryl methyl sites for hydroxylation is 1. The maximum Gasteiger partial charge on any atom is 0.163 e. The van der Waals surface area contributed by atoms with Crippen molar-refractivity contribution in [3.63, 3.8) is 0 Å². The van der Waals surface area contributed by atoms with Crippen molar-refractivity contribution in [1.82, 2.24) is 19.7 Å². The molecule has 2 aromatic rings. The maximum absolute atomic E-state index is 4.63. The van der Waals surface area contributed by atoms with Crippen LogP contribution >= 0.6 is 11.8 Å². The highest BCUT2D eigenvalue weighted by atomic mass is 32.2. The van der Waals surface area contributed by atoms with Crippen molar-refractivity contribution in [1.29, 1.82) is 0 Å². The zero-order chi connectivity index (χ0) is 13.8. The smallest absolute Gasteiger partial charge is 0.163 e. The number of nitrogens with one attached hydrogen (secondary N) is 1. The van der Waals surface area contributed by atoms with Gasteiger partial charge in [0.25, 0.3) is 0 Å². The Hall–Kier alpha value is -1.30. The van der Waals surface area contributed by atoms with E-state index < -0.39 is 0 Å². The molecule has 2 rings (SSSR count). The van der Waals surface area contributed by atoms with E-state index in [2.05, 4.69) is 41.2 Å². The van der Waals surface area contributed by atoms with Gasteiger partial charge in [0.05, 0.1) is 17.3 Å². The van der Waals surface area contributed by atoms with E-state index >= 15 is 0 Å². The van der Waals surface area contributed by atoms with E-state index in [1.807, 2.05) is 25.0 Å². The van der Waals surface area contributed by atoms with Gasteiger partial charge >= 0.3 is 0 Å². The van der Waals surface area contributed by atoms with Crippen LogP contribution in [0.25, 0.3) is 11.0 Å². The van der Waals surface area contributed by atoms with E-state index in [0.29, 0.717) is 5.25 Å². The molecule has 2 heterocycles. The van der Waals surface area contributed by atoms with Crippen molar-refractivity contribution in [3.05, 3.63) is 12.0 Å². The van der Waals surface area contributed by atoms with Crippen molar-refractivity contribution in [3.8, 4) is 0 Å². The molecule has 0 saturated carbocycles. The summed E-state index contributed by atoms with van der Waals surface area (Å²) in [6.45, 7) is 7.43. The van der Waals surface area contributed by atoms with E-state index in [9.17, 15) is 0 Å². The van der Waals surface area contributed by atoms with Crippen LogP contribution in [-0.4, -0.2) is 31.5 Å². The lowest BCUT2D eigenvalue weighted by Crippen LogP contribution is -2.06. The SMILES string of the molecule is CCCNc1nc(CSC(C)C)nc2c1cnn2C. The van der Waals surface area contributed by atoms with Gasteiger partial charge in [0, 0.05) is 13.6 Å². The average Bonchev–Trinajstić information content (AvgIpc) is 2.75. The predicted octanol–water partition coefficient (Wildman–Crippen LogP) is 2.83. The topological polar surface area (TPSA) is 55.6 Å². The van der Waals surface area contributed by atoms with Gasteiger partial charge in [-0.3, -0.25) is 4.68 Å². The van der Waals surface area contributed by atoms with Gasteiger partial charge in [0.15, 0.2) is 5.65 Å². The van der Waals surface area contributed by atoms with E-state index in [1.54, 1.807) is 4.68 Å². The van der Waals surface area contributed by atoms with Crippen LogP contribution in [0.2, 0.25) is 0 Å². The largest absolute Gasteiger partial charge is 0.369 e. The third-order valence-corrected chi connectivity index (χ3v) is 3.82. The Labute approximate surface area is 118 Å². The number of rotatable bonds is 6. The van der Waals surface area contributed by atoms with Gasteiger partial charge in [-0.1, -0.05) is 20.8 Å². The van der Waals surface area contributed by atoms with Crippen molar-refractivity contribution >= 4 is 28.6 Å². The second kappa shape index (κ2) is 6.23. The fourth-order valence-corrected chi connectivity index (χ4v) is 2.36. The Kier molecular flexibility index (Phi) is 4.63. The van der Waals surface area contributed by atoms with Crippen LogP contribution in [0.1, 0.15) is 33.0 Å². The first-order chi connectivity index (χ1) is 9.11. The van der Waals surface area contributed by atoms with Crippen LogP contribution in [0.15, 0.2) is 6.20 Å². The molecule has 104 valence electrons. The van der Waals surface area contributed by atoms with Crippen molar-refractivity contribution in [2.24, 2.45) is 7.05 Å². The molecular weight excluding hydrogens is 258 g/mol. The summed E-state index contributed by atoms with van der Waals surface area (Å²) in [4.78, 5) is 9.23. The van der Waals surface area contributed by atoms with Crippen LogP contribution < -0.4 is 5.32 Å². The lowest BCUT2D eigenvalue weighted by atomic mass is 10.3. The van der Waals surface area contributed by atoms with Gasteiger partial charge in [-0.05, 0) is 11.7 Å². The first-order valence-electron chi connectivity index (χ1n) is 6.66. The summed E-state index contributed by atoms with van der Waals surface area (Å²) in [5, 5.41) is 9.21. The molecule has 0 spiro atoms. The highest BCUT2D eigenvalue weighted by Crippen LogP contribution is 2.22. The van der Waals surface area contributed by atoms with Crippen LogP contribution in [-0.2, 0) is 12.8 Å². The highest BCUT2D eigenvalue weighted by Gasteiger charge is 2.11. The third-order valence-electron chi connectivity index (χ3n) is 2.73. The lowest BCUT2D eigenvalue weighted by Gasteiger charge is -2.09. The van der Waals surface area contributed by atoms with Crippen molar-refractivity contribution in [2.75, 3.05) is 11.9 Å². The number of nitrogens with zero attached hydrogens (tertiary/aromatic N) is 4. The summed E-state index contributed by atoms with van der Waals surface area (Å²) in [5.74, 6) is 2.60. The average molecular weight is 279 g/mol. The summed E-state index contributed by atoms with van der Waals surface area (Å²) >= 11 is 1.85. The summed E-state index contributed by atoms with van der Waals surface area (Å²) in [6, 6.07) is 0. The van der Waals surface area contributed by atoms with Gasteiger partial charge in [-0.2, -0.15) is 16.9 Å². The van der Waals surface area contributed by atoms with Crippen LogP contribution in [0.4, 0.5) is 5.82 Å². The van der Waals surface area contributed by atoms with E-state index in [-0.39, 0.29) is 0 Å². The summed E-state index contributed by atoms with van der Waals surface area (Å²) in [6.07, 6.45) is 2.90. The number of hydrogen-bond donors (Lipinski definition) is 1. The molecule has 0 atom stereocenters. The summed E-state index contributed by atoms with van der Waals surface area (Å²) in [7, 11) is 1.91. The molecule has 0 fully saturated rings. The zero-order valence-electron chi connectivity index (χ0n) is 12.0. The summed E-state index contributed by atoms with van der Waals surface area (Å²) in [5.41, 5.74) is 0.896. The second-order valence-corrected chi connectivity index (χ2v) is 6.35. The fourth-order valence-electron chi connectivity index (χ4n) is 1.75. The Morgan fingerprint density at radius 3 is 2.84 bits per heavy atom. The van der Waals surface area contributed by atoms with Gasteiger partial charge in [0.2, 0.25) is 0 Å². The van der Waals surface area contributed by atoms with Gasteiger partial charge < -0.3 is 5.32 Å². The summed E-state index contributed by atoms with van der Waals surface area (Å²) < 4.78 is 1.80. The van der Waals surface area contributed by atoms with Crippen LogP contribution in [0.3, 0.4) is 0 Å². The molecule has 0 aliphatic carbocycles. The Morgan fingerprint density at radius 1 is 1.37 bits per heavy atom. The lowest BCUT2D eigenvalue weighted by molar-refractivity contribution is 0.782. The molecule has 0 aliphatic rings. The van der Waals surface area contributed by atoms with Crippen LogP contribution in [0, 0.1) is 0 Å². The van der Waals surface area contributed by atoms with E-state index in [1.165, 1.54) is 0 Å². The minimum absolute atomic E-state index is 0.581. The molecule has 0 aliphatic heterocycles. The molecule has 2 aromatic heterocycles. The quantitative estimate of drug-likeness (QED) is 0.881. The minimum Gasteiger partial charge on any atom is -0.369 e. The highest BCUT2D eigenvalue weighted by molar-refractivity contribution is 7.99. The molecule has 0 saturated heterocycles. The maximum atomic E-state index is 4.63. The van der Waals surface area contributed by atoms with E-state index in [0.717, 1.165) is 41.4 Å².